The topological polar surface area (TPSA) is 273 Å². The van der Waals surface area contributed by atoms with Gasteiger partial charge in [0.05, 0.1) is 36.2 Å². The fraction of sp³-hybridized carbons (Fsp3) is 0.625. The van der Waals surface area contributed by atoms with Gasteiger partial charge in [-0.3, -0.25) is 33.4 Å². The van der Waals surface area contributed by atoms with Crippen molar-refractivity contribution in [2.24, 2.45) is 29.4 Å². The molecule has 2 aromatic rings. The van der Waals surface area contributed by atoms with Gasteiger partial charge in [0.2, 0.25) is 17.7 Å². The average Bonchev–Trinajstić information content (AvgIpc) is 3.67. The highest BCUT2D eigenvalue weighted by Gasteiger charge is 2.33. The summed E-state index contributed by atoms with van der Waals surface area (Å²) in [6.07, 6.45) is 2.92. The molecule has 19 heteroatoms. The Kier molecular flexibility index (Phi) is 23.0. The van der Waals surface area contributed by atoms with Gasteiger partial charge in [-0.15, -0.1) is 5.10 Å². The van der Waals surface area contributed by atoms with Crippen molar-refractivity contribution in [2.75, 3.05) is 24.7 Å². The van der Waals surface area contributed by atoms with Crippen LogP contribution in [0, 0.1) is 23.7 Å². The van der Waals surface area contributed by atoms with Crippen LogP contribution in [-0.2, 0) is 52.9 Å². The van der Waals surface area contributed by atoms with Crippen molar-refractivity contribution in [2.45, 2.75) is 110 Å². The third kappa shape index (κ3) is 18.2. The zero-order valence-corrected chi connectivity index (χ0v) is 35.8. The molecule has 1 heterocycles. The number of phenols is 1. The number of ketones is 3. The molecule has 0 bridgehead atoms. The Labute approximate surface area is 356 Å². The van der Waals surface area contributed by atoms with Crippen LogP contribution in [0.4, 0.5) is 0 Å². The zero-order valence-electron chi connectivity index (χ0n) is 34.0. The highest BCUT2D eigenvalue weighted by molar-refractivity contribution is 7.80. The second-order valence-electron chi connectivity index (χ2n) is 15.1. The number of nitrogens with two attached hydrogens (primary N) is 1. The third-order valence-corrected chi connectivity index (χ3v) is 10.6. The Hall–Kier alpha value is -4.33. The largest absolute Gasteiger partial charge is 0.508 e. The van der Waals surface area contributed by atoms with Crippen LogP contribution < -0.4 is 21.7 Å². The molecular weight excluding hydrogens is 803 g/mol. The Balaban J connectivity index is 2.18. The van der Waals surface area contributed by atoms with E-state index in [9.17, 15) is 48.9 Å². The van der Waals surface area contributed by atoms with Crippen molar-refractivity contribution in [3.8, 4) is 5.75 Å². The summed E-state index contributed by atoms with van der Waals surface area (Å²) in [5.74, 6) is -8.12. The van der Waals surface area contributed by atoms with Crippen LogP contribution in [0.15, 0.2) is 30.5 Å². The number of aliphatic hydroxyl groups excluding tert-OH is 1. The van der Waals surface area contributed by atoms with Gasteiger partial charge in [-0.1, -0.05) is 37.6 Å². The molecule has 0 unspecified atom stereocenters. The van der Waals surface area contributed by atoms with Crippen molar-refractivity contribution in [3.05, 3.63) is 41.7 Å². The minimum absolute atomic E-state index is 0.0335. The minimum atomic E-state index is -1.32. The summed E-state index contributed by atoms with van der Waals surface area (Å²) in [5.41, 5.74) is 6.86. The van der Waals surface area contributed by atoms with Crippen LogP contribution in [0.5, 0.6) is 5.75 Å². The number of carbonyl (C=O) groups excluding carboxylic acids is 6. The van der Waals surface area contributed by atoms with E-state index in [1.165, 1.54) is 24.3 Å². The number of unbranched alkanes of at least 4 members (excludes halogenated alkanes) is 1. The molecule has 0 aliphatic rings. The molecule has 1 aromatic carbocycles. The lowest BCUT2D eigenvalue weighted by atomic mass is 9.92. The normalized spacial score (nSPS) is 14.4. The molecular formula is C40H61N7O10S2. The summed E-state index contributed by atoms with van der Waals surface area (Å²) in [7, 11) is 0. The van der Waals surface area contributed by atoms with Crippen LogP contribution in [0.1, 0.15) is 83.4 Å². The predicted molar refractivity (Wildman–Crippen MR) is 226 cm³/mol. The number of aliphatic carboxylic acids is 1. The van der Waals surface area contributed by atoms with E-state index in [-0.39, 0.29) is 61.1 Å². The summed E-state index contributed by atoms with van der Waals surface area (Å²) in [5, 5.41) is 45.2. The number of nitrogens with zero attached hydrogens (tertiary/aromatic N) is 3. The van der Waals surface area contributed by atoms with Crippen molar-refractivity contribution in [3.63, 3.8) is 0 Å². The molecule has 2 rings (SSSR count). The Morgan fingerprint density at radius 1 is 0.814 bits per heavy atom. The number of aromatic hydroxyl groups is 1. The van der Waals surface area contributed by atoms with Crippen molar-refractivity contribution >= 4 is 66.3 Å². The number of benzene rings is 1. The summed E-state index contributed by atoms with van der Waals surface area (Å²) in [6, 6.07) is 2.25. The first-order valence-corrected chi connectivity index (χ1v) is 21.2. The number of phenolic OH excluding ortho intramolecular Hbond substituents is 1. The van der Waals surface area contributed by atoms with Gasteiger partial charge in [-0.25, -0.2) is 4.79 Å². The van der Waals surface area contributed by atoms with E-state index < -0.39 is 84.2 Å². The molecule has 0 saturated heterocycles. The molecule has 0 aliphatic heterocycles. The maximum absolute atomic E-state index is 13.7. The van der Waals surface area contributed by atoms with Crippen LogP contribution in [0.25, 0.3) is 0 Å². The monoisotopic (exact) mass is 863 g/mol. The average molecular weight is 864 g/mol. The van der Waals surface area contributed by atoms with Gasteiger partial charge in [0.1, 0.15) is 17.6 Å². The fourth-order valence-corrected chi connectivity index (χ4v) is 6.86. The molecule has 8 N–H and O–H groups in total. The van der Waals surface area contributed by atoms with Gasteiger partial charge in [-0.05, 0) is 69.2 Å². The number of aliphatic hydroxyl groups is 1. The lowest BCUT2D eigenvalue weighted by Gasteiger charge is -2.25. The number of rotatable bonds is 30. The number of thiol groups is 2. The van der Waals surface area contributed by atoms with E-state index in [2.05, 4.69) is 51.5 Å². The SMILES string of the molecule is CCn1cc(CCC(=O)C[C@@H](CCCCN)C(=O)N[C@@H](CS)C(=O)C[C@@H](CS)C(=O)N[C@H](Cc2ccc(O)cc2)C(=O)C[C@@H](CO)C(=O)N[C@@H](CC(C)C)C(=O)O)nn1. The molecule has 0 fully saturated rings. The van der Waals surface area contributed by atoms with E-state index >= 15 is 0 Å². The van der Waals surface area contributed by atoms with Gasteiger partial charge in [0.15, 0.2) is 11.6 Å². The molecule has 3 amide bonds. The van der Waals surface area contributed by atoms with Crippen molar-refractivity contribution in [1.29, 1.82) is 0 Å². The summed E-state index contributed by atoms with van der Waals surface area (Å²) >= 11 is 8.59. The molecule has 328 valence electrons. The molecule has 17 nitrogen and oxygen atoms in total. The first-order chi connectivity index (χ1) is 28.0. The predicted octanol–water partition coefficient (Wildman–Crippen LogP) is 1.47. The number of carboxylic acid groups (broad SMARTS) is 1. The van der Waals surface area contributed by atoms with Crippen molar-refractivity contribution in [1.82, 2.24) is 30.9 Å². The second-order valence-corrected chi connectivity index (χ2v) is 15.8. The van der Waals surface area contributed by atoms with Crippen LogP contribution >= 0.6 is 25.3 Å². The lowest BCUT2D eigenvalue weighted by Crippen LogP contribution is -2.50. The van der Waals surface area contributed by atoms with E-state index in [4.69, 9.17) is 5.73 Å². The summed E-state index contributed by atoms with van der Waals surface area (Å²) < 4.78 is 1.65. The van der Waals surface area contributed by atoms with Gasteiger partial charge in [-0.2, -0.15) is 25.3 Å². The summed E-state index contributed by atoms with van der Waals surface area (Å²) in [6.45, 7) is 5.75. The number of aromatic nitrogens is 3. The van der Waals surface area contributed by atoms with Crippen molar-refractivity contribution < 1.29 is 48.9 Å². The number of amides is 3. The maximum atomic E-state index is 13.7. The van der Waals surface area contributed by atoms with E-state index in [0.29, 0.717) is 50.0 Å². The molecule has 0 radical (unpaired) electrons. The first-order valence-electron chi connectivity index (χ1n) is 20.0. The number of Topliss-reactive ketones (excluding diaryl/α,β-unsaturated/α-hetero) is 3. The highest BCUT2D eigenvalue weighted by Crippen LogP contribution is 2.19. The number of aryl methyl sites for hydroxylation is 2. The number of hydrogen-bond acceptors (Lipinski definition) is 14. The molecule has 0 spiro atoms. The number of carboxylic acids is 1. The number of nitrogens with one attached hydrogen (secondary N) is 3. The van der Waals surface area contributed by atoms with Crippen LogP contribution in [0.2, 0.25) is 0 Å². The summed E-state index contributed by atoms with van der Waals surface area (Å²) in [4.78, 5) is 92.3. The van der Waals surface area contributed by atoms with Crippen LogP contribution in [-0.4, -0.2) is 114 Å². The Morgan fingerprint density at radius 2 is 1.41 bits per heavy atom. The quantitative estimate of drug-likeness (QED) is 0.0398. The Bertz CT molecular complexity index is 1690. The fourth-order valence-electron chi connectivity index (χ4n) is 6.27. The maximum Gasteiger partial charge on any atom is 0.326 e. The first kappa shape index (κ1) is 50.8. The Morgan fingerprint density at radius 3 is 1.97 bits per heavy atom. The molecule has 1 aromatic heterocycles. The third-order valence-electron chi connectivity index (χ3n) is 9.79. The minimum Gasteiger partial charge on any atom is -0.508 e. The highest BCUT2D eigenvalue weighted by atomic mass is 32.1. The molecule has 0 aliphatic carbocycles. The molecule has 59 heavy (non-hydrogen) atoms. The van der Waals surface area contributed by atoms with E-state index in [1.54, 1.807) is 24.7 Å². The van der Waals surface area contributed by atoms with Gasteiger partial charge >= 0.3 is 5.97 Å². The van der Waals surface area contributed by atoms with Gasteiger partial charge in [0.25, 0.3) is 0 Å². The lowest BCUT2D eigenvalue weighted by molar-refractivity contribution is -0.143. The van der Waals surface area contributed by atoms with Crippen LogP contribution in [0.3, 0.4) is 0 Å². The van der Waals surface area contributed by atoms with E-state index in [1.807, 2.05) is 6.92 Å². The standard InChI is InChI=1S/C40H61N7O10S2/c1-4-47-20-29(45-46-47)10-13-31(50)17-26(7-5-6-14-41)37(53)44-34(23-59)36(52)19-28(22-58)39(55)42-32(16-25-8-11-30(49)12-9-25)35(51)18-27(21-48)38(54)43-33(40(56)57)15-24(2)3/h8-9,11-12,20,24,26-28,32-34,48-49,58-59H,4-7,10,13-19,21-23,41H2,1-3H3,(H,42,55)(H,43,54)(H,44,53)(H,56,57)/t26-,27+,28+,32-,33+,34+/m1/s1. The smallest absolute Gasteiger partial charge is 0.326 e. The van der Waals surface area contributed by atoms with E-state index in [0.717, 1.165) is 0 Å². The number of carbonyl (C=O) groups is 7. The second kappa shape index (κ2) is 26.7. The van der Waals surface area contributed by atoms with Gasteiger partial charge in [0, 0.05) is 55.8 Å². The molecule has 6 atom stereocenters. The molecule has 0 saturated carbocycles. The number of hydrogen-bond donors (Lipinski definition) is 9. The zero-order chi connectivity index (χ0) is 44.1. The van der Waals surface area contributed by atoms with Gasteiger partial charge < -0.3 is 37.0 Å².